The maximum absolute atomic E-state index is 12.4. The summed E-state index contributed by atoms with van der Waals surface area (Å²) in [5, 5.41) is 0. The number of ether oxygens (including phenoxy) is 1. The van der Waals surface area contributed by atoms with E-state index in [1.165, 1.54) is 4.31 Å². The number of alkyl halides is 1. The molecule has 1 aliphatic heterocycles. The molecule has 0 aromatic heterocycles. The van der Waals surface area contributed by atoms with Gasteiger partial charge in [0.05, 0.1) is 18.6 Å². The highest BCUT2D eigenvalue weighted by molar-refractivity contribution is 7.92. The summed E-state index contributed by atoms with van der Waals surface area (Å²) in [4.78, 5) is 0. The van der Waals surface area contributed by atoms with Crippen LogP contribution < -0.4 is 9.04 Å². The fourth-order valence-corrected chi connectivity index (χ4v) is 4.28. The lowest BCUT2D eigenvalue weighted by Crippen LogP contribution is -2.37. The van der Waals surface area contributed by atoms with Crippen molar-refractivity contribution in [1.29, 1.82) is 0 Å². The third-order valence-corrected chi connectivity index (χ3v) is 5.34. The average molecular weight is 304 g/mol. The molecule has 0 atom stereocenters. The first-order valence-electron chi connectivity index (χ1n) is 6.32. The van der Waals surface area contributed by atoms with Crippen LogP contribution in [0.5, 0.6) is 5.75 Å². The molecule has 19 heavy (non-hydrogen) atoms. The Bertz CT molecular complexity index is 531. The maximum Gasteiger partial charge on any atom is 0.235 e. The summed E-state index contributed by atoms with van der Waals surface area (Å²) in [6.45, 7) is 0.512. The molecule has 0 radical (unpaired) electrons. The molecule has 0 N–H and O–H groups in total. The quantitative estimate of drug-likeness (QED) is 0.785. The molecule has 0 saturated heterocycles. The molecule has 2 rings (SSSR count). The lowest BCUT2D eigenvalue weighted by atomic mass is 10.0. The fourth-order valence-electron chi connectivity index (χ4n) is 2.37. The van der Waals surface area contributed by atoms with Crippen molar-refractivity contribution in [2.75, 3.05) is 29.6 Å². The lowest BCUT2D eigenvalue weighted by Gasteiger charge is -2.31. The van der Waals surface area contributed by atoms with Gasteiger partial charge in [0.2, 0.25) is 10.0 Å². The van der Waals surface area contributed by atoms with E-state index in [1.807, 2.05) is 12.1 Å². The molecular formula is C13H18ClNO3S. The highest BCUT2D eigenvalue weighted by Gasteiger charge is 2.29. The standard InChI is InChI=1S/C13H18ClNO3S/c1-18-12-7-2-5-11-6-3-9-15(13(11)12)19(16,17)10-4-8-14/h2,5,7H,3-4,6,8-10H2,1H3. The van der Waals surface area contributed by atoms with Crippen molar-refractivity contribution >= 4 is 27.3 Å². The SMILES string of the molecule is COc1cccc2c1N(S(=O)(=O)CCCCl)CCC2. The number of aryl methyl sites for hydroxylation is 1. The number of halogens is 1. The molecule has 1 aromatic rings. The van der Waals surface area contributed by atoms with Gasteiger partial charge in [-0.2, -0.15) is 0 Å². The second kappa shape index (κ2) is 6.01. The van der Waals surface area contributed by atoms with Gasteiger partial charge in [0.15, 0.2) is 0 Å². The van der Waals surface area contributed by atoms with Gasteiger partial charge < -0.3 is 4.74 Å². The van der Waals surface area contributed by atoms with Crippen molar-refractivity contribution in [3.05, 3.63) is 23.8 Å². The number of sulfonamides is 1. The van der Waals surface area contributed by atoms with Crippen molar-refractivity contribution in [2.45, 2.75) is 19.3 Å². The molecule has 0 spiro atoms. The third-order valence-electron chi connectivity index (χ3n) is 3.23. The summed E-state index contributed by atoms with van der Waals surface area (Å²) >= 11 is 5.60. The van der Waals surface area contributed by atoms with E-state index in [0.717, 1.165) is 18.4 Å². The fraction of sp³-hybridized carbons (Fsp3) is 0.538. The van der Waals surface area contributed by atoms with Crippen LogP contribution in [0.1, 0.15) is 18.4 Å². The Morgan fingerprint density at radius 3 is 2.89 bits per heavy atom. The van der Waals surface area contributed by atoms with E-state index in [1.54, 1.807) is 13.2 Å². The van der Waals surface area contributed by atoms with Gasteiger partial charge in [-0.05, 0) is 30.9 Å². The lowest BCUT2D eigenvalue weighted by molar-refractivity contribution is 0.414. The average Bonchev–Trinajstić information content (AvgIpc) is 2.43. The van der Waals surface area contributed by atoms with Gasteiger partial charge in [0.25, 0.3) is 0 Å². The van der Waals surface area contributed by atoms with E-state index in [4.69, 9.17) is 16.3 Å². The molecule has 1 heterocycles. The van der Waals surface area contributed by atoms with Crippen molar-refractivity contribution < 1.29 is 13.2 Å². The molecule has 1 aliphatic rings. The van der Waals surface area contributed by atoms with Crippen molar-refractivity contribution in [1.82, 2.24) is 0 Å². The molecular weight excluding hydrogens is 286 g/mol. The third kappa shape index (κ3) is 2.98. The van der Waals surface area contributed by atoms with Gasteiger partial charge >= 0.3 is 0 Å². The van der Waals surface area contributed by atoms with Crippen LogP contribution in [0.3, 0.4) is 0 Å². The van der Waals surface area contributed by atoms with Crippen LogP contribution in [0, 0.1) is 0 Å². The van der Waals surface area contributed by atoms with Crippen LogP contribution in [0.4, 0.5) is 5.69 Å². The van der Waals surface area contributed by atoms with Crippen LogP contribution >= 0.6 is 11.6 Å². The zero-order valence-electron chi connectivity index (χ0n) is 10.9. The molecule has 0 bridgehead atoms. The van der Waals surface area contributed by atoms with Gasteiger partial charge in [0, 0.05) is 12.4 Å². The number of hydrogen-bond acceptors (Lipinski definition) is 3. The van der Waals surface area contributed by atoms with E-state index >= 15 is 0 Å². The van der Waals surface area contributed by atoms with Crippen LogP contribution in [0.2, 0.25) is 0 Å². The van der Waals surface area contributed by atoms with Crippen molar-refractivity contribution in [3.63, 3.8) is 0 Å². The number of nitrogens with zero attached hydrogens (tertiary/aromatic N) is 1. The zero-order chi connectivity index (χ0) is 13.9. The summed E-state index contributed by atoms with van der Waals surface area (Å²) in [6.07, 6.45) is 2.18. The van der Waals surface area contributed by atoms with Crippen LogP contribution in [0.15, 0.2) is 18.2 Å². The maximum atomic E-state index is 12.4. The minimum atomic E-state index is -3.32. The number of benzene rings is 1. The molecule has 1 aromatic carbocycles. The Morgan fingerprint density at radius 2 is 2.21 bits per heavy atom. The smallest absolute Gasteiger partial charge is 0.235 e. The molecule has 4 nitrogen and oxygen atoms in total. The zero-order valence-corrected chi connectivity index (χ0v) is 12.5. The first kappa shape index (κ1) is 14.5. The van der Waals surface area contributed by atoms with Gasteiger partial charge in [-0.3, -0.25) is 4.31 Å². The molecule has 0 aliphatic carbocycles. The van der Waals surface area contributed by atoms with Crippen molar-refractivity contribution in [3.8, 4) is 5.75 Å². The minimum Gasteiger partial charge on any atom is -0.495 e. The van der Waals surface area contributed by atoms with Crippen LogP contribution in [-0.4, -0.2) is 33.7 Å². The van der Waals surface area contributed by atoms with Crippen LogP contribution in [-0.2, 0) is 16.4 Å². The number of hydrogen-bond donors (Lipinski definition) is 0. The molecule has 0 saturated carbocycles. The summed E-state index contributed by atoms with van der Waals surface area (Å²) in [6, 6.07) is 5.65. The summed E-state index contributed by atoms with van der Waals surface area (Å²) in [7, 11) is -1.76. The largest absolute Gasteiger partial charge is 0.495 e. The number of fused-ring (bicyclic) bond motifs is 1. The van der Waals surface area contributed by atoms with E-state index in [2.05, 4.69) is 0 Å². The molecule has 106 valence electrons. The number of methoxy groups -OCH3 is 1. The highest BCUT2D eigenvalue weighted by Crippen LogP contribution is 2.37. The minimum absolute atomic E-state index is 0.0774. The molecule has 0 amide bonds. The highest BCUT2D eigenvalue weighted by atomic mass is 35.5. The Hall–Kier alpha value is -0.940. The number of anilines is 1. The molecule has 6 heteroatoms. The second-order valence-electron chi connectivity index (χ2n) is 4.50. The van der Waals surface area contributed by atoms with E-state index < -0.39 is 10.0 Å². The first-order valence-corrected chi connectivity index (χ1v) is 8.47. The van der Waals surface area contributed by atoms with Gasteiger partial charge in [-0.15, -0.1) is 11.6 Å². The monoisotopic (exact) mass is 303 g/mol. The molecule has 0 unspecified atom stereocenters. The number of para-hydroxylation sites is 1. The Morgan fingerprint density at radius 1 is 1.42 bits per heavy atom. The Balaban J connectivity index is 2.41. The number of rotatable bonds is 5. The second-order valence-corrected chi connectivity index (χ2v) is 6.89. The summed E-state index contributed by atoms with van der Waals surface area (Å²) in [5.74, 6) is 1.05. The van der Waals surface area contributed by atoms with E-state index in [-0.39, 0.29) is 5.75 Å². The molecule has 0 fully saturated rings. The first-order chi connectivity index (χ1) is 9.10. The van der Waals surface area contributed by atoms with Crippen molar-refractivity contribution in [2.24, 2.45) is 0 Å². The summed E-state index contributed by atoms with van der Waals surface area (Å²) < 4.78 is 31.6. The van der Waals surface area contributed by atoms with E-state index in [0.29, 0.717) is 30.3 Å². The Kier molecular flexibility index (Phi) is 4.58. The van der Waals surface area contributed by atoms with E-state index in [9.17, 15) is 8.42 Å². The predicted molar refractivity (Wildman–Crippen MR) is 77.8 cm³/mol. The normalized spacial score (nSPS) is 15.2. The predicted octanol–water partition coefficient (Wildman–Crippen LogP) is 2.41. The Labute approximate surface area is 119 Å². The van der Waals surface area contributed by atoms with Gasteiger partial charge in [-0.1, -0.05) is 12.1 Å². The van der Waals surface area contributed by atoms with Crippen LogP contribution in [0.25, 0.3) is 0 Å². The van der Waals surface area contributed by atoms with Gasteiger partial charge in [-0.25, -0.2) is 8.42 Å². The summed E-state index contributed by atoms with van der Waals surface area (Å²) in [5.41, 5.74) is 1.73. The van der Waals surface area contributed by atoms with Gasteiger partial charge in [0.1, 0.15) is 5.75 Å². The topological polar surface area (TPSA) is 46.6 Å².